The van der Waals surface area contributed by atoms with Crippen LogP contribution in [0.3, 0.4) is 0 Å². The number of hydrogen-bond donors (Lipinski definition) is 3. The Morgan fingerprint density at radius 1 is 1.08 bits per heavy atom. The Morgan fingerprint density at radius 3 is 2.42 bits per heavy atom. The minimum atomic E-state index is -1.32. The number of carbonyl (C=O) groups excluding carboxylic acids is 1. The molecule has 0 saturated heterocycles. The van der Waals surface area contributed by atoms with Crippen molar-refractivity contribution < 1.29 is 20.1 Å². The number of ketones is 1. The number of fused-ring (bicyclic) bond motifs is 5. The van der Waals surface area contributed by atoms with Crippen molar-refractivity contribution >= 4 is 5.78 Å². The zero-order chi connectivity index (χ0) is 19.1. The Morgan fingerprint density at radius 2 is 1.77 bits per heavy atom. The highest BCUT2D eigenvalue weighted by Gasteiger charge is 2.70. The number of rotatable bonds is 1. The predicted molar refractivity (Wildman–Crippen MR) is 99.3 cm³/mol. The Balaban J connectivity index is 1.73. The molecule has 3 N–H and O–H groups in total. The number of Topliss-reactive ketones (excluding diaryl/α,β-unsaturated/α-hetero) is 1. The summed E-state index contributed by atoms with van der Waals surface area (Å²) in [6.45, 7) is 7.92. The van der Waals surface area contributed by atoms with Gasteiger partial charge in [-0.2, -0.15) is 0 Å². The summed E-state index contributed by atoms with van der Waals surface area (Å²) in [5.74, 6) is 1.19. The van der Waals surface area contributed by atoms with Gasteiger partial charge in [0, 0.05) is 5.41 Å². The molecule has 0 radical (unpaired) electrons. The van der Waals surface area contributed by atoms with Gasteiger partial charge >= 0.3 is 0 Å². The third-order valence-corrected chi connectivity index (χ3v) is 9.69. The van der Waals surface area contributed by atoms with Crippen LogP contribution in [0.25, 0.3) is 0 Å². The summed E-state index contributed by atoms with van der Waals surface area (Å²) in [4.78, 5) is 12.5. The van der Waals surface area contributed by atoms with Gasteiger partial charge in [-0.25, -0.2) is 0 Å². The van der Waals surface area contributed by atoms with Crippen LogP contribution in [0, 0.1) is 40.4 Å². The van der Waals surface area contributed by atoms with E-state index in [-0.39, 0.29) is 29.1 Å². The quantitative estimate of drug-likeness (QED) is 0.668. The van der Waals surface area contributed by atoms with Crippen molar-refractivity contribution in [3.05, 3.63) is 0 Å². The van der Waals surface area contributed by atoms with Crippen LogP contribution in [-0.2, 0) is 4.79 Å². The van der Waals surface area contributed by atoms with Crippen LogP contribution in [0.4, 0.5) is 0 Å². The molecule has 26 heavy (non-hydrogen) atoms. The second kappa shape index (κ2) is 5.78. The first-order chi connectivity index (χ1) is 12.1. The van der Waals surface area contributed by atoms with Gasteiger partial charge in [-0.1, -0.05) is 20.8 Å². The van der Waals surface area contributed by atoms with E-state index in [1.807, 2.05) is 6.92 Å². The molecule has 4 rings (SSSR count). The third kappa shape index (κ3) is 2.15. The van der Waals surface area contributed by atoms with Gasteiger partial charge in [0.15, 0.2) is 5.78 Å². The normalized spacial score (nSPS) is 59.3. The van der Waals surface area contributed by atoms with E-state index in [4.69, 9.17) is 0 Å². The number of aliphatic hydroxyl groups excluding tert-OH is 2. The molecule has 0 unspecified atom stereocenters. The van der Waals surface area contributed by atoms with Crippen LogP contribution >= 0.6 is 0 Å². The number of carbonyl (C=O) groups is 1. The third-order valence-electron chi connectivity index (χ3n) is 9.69. The summed E-state index contributed by atoms with van der Waals surface area (Å²) >= 11 is 0. The highest BCUT2D eigenvalue weighted by Crippen LogP contribution is 2.69. The van der Waals surface area contributed by atoms with E-state index in [0.29, 0.717) is 24.2 Å². The average molecular weight is 365 g/mol. The van der Waals surface area contributed by atoms with Gasteiger partial charge in [0.2, 0.25) is 0 Å². The van der Waals surface area contributed by atoms with Gasteiger partial charge < -0.3 is 15.3 Å². The lowest BCUT2D eigenvalue weighted by molar-refractivity contribution is -0.203. The lowest BCUT2D eigenvalue weighted by atomic mass is 9.43. The fourth-order valence-corrected chi connectivity index (χ4v) is 8.44. The maximum absolute atomic E-state index is 12.5. The van der Waals surface area contributed by atoms with E-state index in [2.05, 4.69) is 13.8 Å². The summed E-state index contributed by atoms with van der Waals surface area (Å²) in [6, 6.07) is 0. The highest BCUT2D eigenvalue weighted by molar-refractivity contribution is 5.86. The largest absolute Gasteiger partial charge is 0.393 e. The van der Waals surface area contributed by atoms with Gasteiger partial charge in [0.05, 0.1) is 12.2 Å². The Kier molecular flexibility index (Phi) is 4.20. The van der Waals surface area contributed by atoms with E-state index < -0.39 is 17.1 Å². The maximum atomic E-state index is 12.5. The van der Waals surface area contributed by atoms with Crippen molar-refractivity contribution in [1.29, 1.82) is 0 Å². The summed E-state index contributed by atoms with van der Waals surface area (Å²) in [5, 5.41) is 32.9. The van der Waals surface area contributed by atoms with Crippen LogP contribution in [0.2, 0.25) is 0 Å². The molecule has 0 heterocycles. The van der Waals surface area contributed by atoms with Gasteiger partial charge in [-0.15, -0.1) is 0 Å². The van der Waals surface area contributed by atoms with Crippen LogP contribution in [0.15, 0.2) is 0 Å². The van der Waals surface area contributed by atoms with E-state index >= 15 is 0 Å². The van der Waals surface area contributed by atoms with Crippen LogP contribution in [-0.4, -0.2) is 38.9 Å². The van der Waals surface area contributed by atoms with Crippen molar-refractivity contribution in [1.82, 2.24) is 0 Å². The van der Waals surface area contributed by atoms with Crippen molar-refractivity contribution in [2.45, 2.75) is 90.4 Å². The molecule has 0 aromatic heterocycles. The molecular formula is C22H36O4. The Hall–Kier alpha value is -0.450. The van der Waals surface area contributed by atoms with Crippen LogP contribution in [0.5, 0.6) is 0 Å². The molecule has 0 aliphatic heterocycles. The van der Waals surface area contributed by atoms with Crippen LogP contribution in [0.1, 0.15) is 72.6 Å². The molecule has 0 aromatic carbocycles. The molecule has 0 amide bonds. The van der Waals surface area contributed by atoms with Gasteiger partial charge in [-0.05, 0) is 86.9 Å². The van der Waals surface area contributed by atoms with Crippen LogP contribution < -0.4 is 0 Å². The predicted octanol–water partition coefficient (Wildman–Crippen LogP) is 2.93. The lowest BCUT2D eigenvalue weighted by Gasteiger charge is -2.62. The SMILES string of the molecule is CC(=O)[C@@]1(O)[C@H](C)C[C@@H]2[C@@H]3CC[C@@H]4C[C@H](O)CC[C@]4(C)[C@@H]3[C@H](O)C[C@]21C. The van der Waals surface area contributed by atoms with E-state index in [0.717, 1.165) is 38.5 Å². The van der Waals surface area contributed by atoms with Crippen molar-refractivity contribution in [2.24, 2.45) is 40.4 Å². The standard InChI is InChI=1S/C22H36O4/c1-12-9-17-16-6-5-14-10-15(24)7-8-20(14,3)19(16)18(25)11-21(17,4)22(12,26)13(2)23/h12,14-19,24-26H,5-11H2,1-4H3/t12-,14-,15-,16+,17-,18-,19+,20+,21-,22+/m1/s1. The van der Waals surface area contributed by atoms with E-state index in [1.54, 1.807) is 0 Å². The number of aliphatic hydroxyl groups is 3. The molecule has 4 aliphatic carbocycles. The van der Waals surface area contributed by atoms with Crippen molar-refractivity contribution in [3.8, 4) is 0 Å². The molecule has 4 fully saturated rings. The topological polar surface area (TPSA) is 77.8 Å². The maximum Gasteiger partial charge on any atom is 0.162 e. The van der Waals surface area contributed by atoms with E-state index in [9.17, 15) is 20.1 Å². The molecule has 4 aliphatic rings. The van der Waals surface area contributed by atoms with Gasteiger partial charge in [-0.3, -0.25) is 4.79 Å². The van der Waals surface area contributed by atoms with Gasteiger partial charge in [0.1, 0.15) is 5.60 Å². The zero-order valence-electron chi connectivity index (χ0n) is 16.7. The molecule has 0 aromatic rings. The molecule has 0 bridgehead atoms. The second-order valence-electron chi connectivity index (χ2n) is 10.7. The summed E-state index contributed by atoms with van der Waals surface area (Å²) in [6.07, 6.45) is 5.56. The summed E-state index contributed by atoms with van der Waals surface area (Å²) < 4.78 is 0. The fourth-order valence-electron chi connectivity index (χ4n) is 8.44. The van der Waals surface area contributed by atoms with Gasteiger partial charge in [0.25, 0.3) is 0 Å². The monoisotopic (exact) mass is 364 g/mol. The lowest BCUT2D eigenvalue weighted by Crippen LogP contribution is -2.63. The zero-order valence-corrected chi connectivity index (χ0v) is 16.7. The summed E-state index contributed by atoms with van der Waals surface area (Å²) in [5.41, 5.74) is -1.77. The Bertz CT molecular complexity index is 605. The minimum absolute atomic E-state index is 0.0559. The molecule has 4 saturated carbocycles. The minimum Gasteiger partial charge on any atom is -0.393 e. The van der Waals surface area contributed by atoms with Crippen molar-refractivity contribution in [3.63, 3.8) is 0 Å². The smallest absolute Gasteiger partial charge is 0.162 e. The first-order valence-corrected chi connectivity index (χ1v) is 10.6. The molecule has 4 heteroatoms. The summed E-state index contributed by atoms with van der Waals surface area (Å²) in [7, 11) is 0. The molecule has 148 valence electrons. The second-order valence-corrected chi connectivity index (χ2v) is 10.7. The fraction of sp³-hybridized carbons (Fsp3) is 0.955. The first-order valence-electron chi connectivity index (χ1n) is 10.6. The molecule has 4 nitrogen and oxygen atoms in total. The Labute approximate surface area is 157 Å². The highest BCUT2D eigenvalue weighted by atomic mass is 16.3. The number of hydrogen-bond acceptors (Lipinski definition) is 4. The molecule has 0 spiro atoms. The van der Waals surface area contributed by atoms with Crippen molar-refractivity contribution in [2.75, 3.05) is 0 Å². The van der Waals surface area contributed by atoms with E-state index in [1.165, 1.54) is 6.92 Å². The molecular weight excluding hydrogens is 328 g/mol. The molecule has 10 atom stereocenters. The first kappa shape index (κ1) is 18.9. The average Bonchev–Trinajstić information content (AvgIpc) is 2.76.